The molecule has 1 aliphatic rings. The van der Waals surface area contributed by atoms with E-state index in [4.69, 9.17) is 4.74 Å². The molecule has 0 amide bonds. The van der Waals surface area contributed by atoms with Crippen LogP contribution in [0.5, 0.6) is 0 Å². The molecule has 0 aromatic rings. The molecule has 0 spiro atoms. The monoisotopic (exact) mass is 288 g/mol. The molecule has 110 valence electrons. The van der Waals surface area contributed by atoms with Crippen LogP contribution < -0.4 is 4.72 Å². The van der Waals surface area contributed by atoms with E-state index in [2.05, 4.69) is 10.8 Å². The van der Waals surface area contributed by atoms with Crippen molar-refractivity contribution in [1.29, 1.82) is 5.26 Å². The van der Waals surface area contributed by atoms with E-state index in [-0.39, 0.29) is 12.4 Å². The molecule has 0 atom stereocenters. The number of hydrogen-bond acceptors (Lipinski definition) is 4. The van der Waals surface area contributed by atoms with Gasteiger partial charge in [0.25, 0.3) is 0 Å². The van der Waals surface area contributed by atoms with Gasteiger partial charge in [0.2, 0.25) is 10.0 Å². The van der Waals surface area contributed by atoms with Gasteiger partial charge in [0.1, 0.15) is 5.54 Å². The van der Waals surface area contributed by atoms with E-state index in [0.29, 0.717) is 19.4 Å². The second-order valence-electron chi connectivity index (χ2n) is 5.08. The Morgan fingerprint density at radius 3 is 2.32 bits per heavy atom. The van der Waals surface area contributed by atoms with Crippen LogP contribution in [0.2, 0.25) is 0 Å². The van der Waals surface area contributed by atoms with Crippen LogP contribution in [0.3, 0.4) is 0 Å². The third-order valence-electron chi connectivity index (χ3n) is 3.47. The molecule has 0 unspecified atom stereocenters. The molecule has 0 bridgehead atoms. The minimum atomic E-state index is -3.45. The molecule has 0 aromatic heterocycles. The van der Waals surface area contributed by atoms with Crippen LogP contribution in [0, 0.1) is 11.3 Å². The maximum Gasteiger partial charge on any atom is 0.215 e. The minimum absolute atomic E-state index is 0.0791. The van der Waals surface area contributed by atoms with Crippen LogP contribution in [-0.4, -0.2) is 32.9 Å². The van der Waals surface area contributed by atoms with E-state index >= 15 is 0 Å². The first-order valence-corrected chi connectivity index (χ1v) is 8.69. The van der Waals surface area contributed by atoms with Gasteiger partial charge in [0.05, 0.1) is 18.4 Å². The first-order chi connectivity index (χ1) is 9.04. The topological polar surface area (TPSA) is 79.2 Å². The highest BCUT2D eigenvalue weighted by Gasteiger charge is 2.34. The predicted octanol–water partition coefficient (Wildman–Crippen LogP) is 1.95. The van der Waals surface area contributed by atoms with Gasteiger partial charge in [0, 0.05) is 6.61 Å². The van der Waals surface area contributed by atoms with Crippen molar-refractivity contribution in [3.63, 3.8) is 0 Å². The summed E-state index contributed by atoms with van der Waals surface area (Å²) in [6.45, 7) is 2.50. The zero-order valence-corrected chi connectivity index (χ0v) is 12.5. The lowest BCUT2D eigenvalue weighted by Gasteiger charge is -2.29. The van der Waals surface area contributed by atoms with Crippen molar-refractivity contribution >= 4 is 10.0 Å². The van der Waals surface area contributed by atoms with Gasteiger partial charge in [-0.15, -0.1) is 0 Å². The molecule has 5 nitrogen and oxygen atoms in total. The van der Waals surface area contributed by atoms with Gasteiger partial charge in [-0.2, -0.15) is 9.98 Å². The van der Waals surface area contributed by atoms with E-state index in [1.54, 1.807) is 0 Å². The standard InChI is InChI=1S/C13H24N2O3S/c1-2-18-10-11-19(16,17)15-13(12-14)8-6-4-3-5-7-9-13/h15H,2-11H2,1H3. The van der Waals surface area contributed by atoms with Gasteiger partial charge >= 0.3 is 0 Å². The Morgan fingerprint density at radius 2 is 1.79 bits per heavy atom. The average Bonchev–Trinajstić information content (AvgIpc) is 2.33. The van der Waals surface area contributed by atoms with E-state index in [0.717, 1.165) is 25.7 Å². The normalized spacial score (nSPS) is 20.2. The number of nitrogens with one attached hydrogen (secondary N) is 1. The van der Waals surface area contributed by atoms with Crippen molar-refractivity contribution in [2.75, 3.05) is 19.0 Å². The quantitative estimate of drug-likeness (QED) is 0.758. The third-order valence-corrected chi connectivity index (χ3v) is 4.88. The Balaban J connectivity index is 2.65. The van der Waals surface area contributed by atoms with E-state index in [9.17, 15) is 13.7 Å². The molecule has 0 aliphatic heterocycles. The summed E-state index contributed by atoms with van der Waals surface area (Å²) in [7, 11) is -3.45. The summed E-state index contributed by atoms with van der Waals surface area (Å²) < 4.78 is 31.7. The number of ether oxygens (including phenoxy) is 1. The van der Waals surface area contributed by atoms with Crippen LogP contribution in [0.1, 0.15) is 51.9 Å². The van der Waals surface area contributed by atoms with Crippen LogP contribution in [-0.2, 0) is 14.8 Å². The highest BCUT2D eigenvalue weighted by Crippen LogP contribution is 2.26. The van der Waals surface area contributed by atoms with Crippen LogP contribution in [0.15, 0.2) is 0 Å². The van der Waals surface area contributed by atoms with Crippen LogP contribution in [0.4, 0.5) is 0 Å². The van der Waals surface area contributed by atoms with Gasteiger partial charge in [-0.3, -0.25) is 0 Å². The molecule has 0 aromatic carbocycles. The van der Waals surface area contributed by atoms with Crippen LogP contribution in [0.25, 0.3) is 0 Å². The fourth-order valence-corrected chi connectivity index (χ4v) is 3.69. The molecule has 0 saturated heterocycles. The highest BCUT2D eigenvalue weighted by molar-refractivity contribution is 7.89. The van der Waals surface area contributed by atoms with E-state index < -0.39 is 15.6 Å². The molecule has 1 rings (SSSR count). The minimum Gasteiger partial charge on any atom is -0.381 e. The van der Waals surface area contributed by atoms with Crippen molar-refractivity contribution in [2.24, 2.45) is 0 Å². The Bertz CT molecular complexity index is 393. The second-order valence-corrected chi connectivity index (χ2v) is 6.92. The molecule has 1 saturated carbocycles. The lowest BCUT2D eigenvalue weighted by atomic mass is 9.86. The van der Waals surface area contributed by atoms with Gasteiger partial charge in [-0.05, 0) is 19.8 Å². The zero-order chi connectivity index (χ0) is 14.2. The van der Waals surface area contributed by atoms with Crippen molar-refractivity contribution in [3.05, 3.63) is 0 Å². The van der Waals surface area contributed by atoms with E-state index in [1.807, 2.05) is 6.92 Å². The largest absolute Gasteiger partial charge is 0.381 e. The summed E-state index contributed by atoms with van der Waals surface area (Å²) in [6.07, 6.45) is 6.35. The van der Waals surface area contributed by atoms with Crippen LogP contribution >= 0.6 is 0 Å². The smallest absolute Gasteiger partial charge is 0.215 e. The predicted molar refractivity (Wildman–Crippen MR) is 74.1 cm³/mol. The molecule has 1 fully saturated rings. The number of rotatable bonds is 6. The molecule has 0 radical (unpaired) electrons. The average molecular weight is 288 g/mol. The summed E-state index contributed by atoms with van der Waals surface area (Å²) in [5.41, 5.74) is -0.911. The maximum absolute atomic E-state index is 12.0. The van der Waals surface area contributed by atoms with Crippen molar-refractivity contribution < 1.29 is 13.2 Å². The third kappa shape index (κ3) is 5.89. The van der Waals surface area contributed by atoms with Gasteiger partial charge in [-0.1, -0.05) is 32.1 Å². The molecular formula is C13H24N2O3S. The molecule has 0 heterocycles. The fourth-order valence-electron chi connectivity index (χ4n) is 2.41. The number of nitriles is 1. The summed E-state index contributed by atoms with van der Waals surface area (Å²) in [4.78, 5) is 0. The zero-order valence-electron chi connectivity index (χ0n) is 11.7. The number of nitrogens with zero attached hydrogens (tertiary/aromatic N) is 1. The SMILES string of the molecule is CCOCCS(=O)(=O)NC1(C#N)CCCCCCC1. The van der Waals surface area contributed by atoms with Gasteiger partial charge < -0.3 is 4.74 Å². The maximum atomic E-state index is 12.0. The van der Waals surface area contributed by atoms with Gasteiger partial charge in [-0.25, -0.2) is 8.42 Å². The summed E-state index contributed by atoms with van der Waals surface area (Å²) >= 11 is 0. The Kier molecular flexibility index (Phi) is 6.76. The Hall–Kier alpha value is -0.640. The molecule has 19 heavy (non-hydrogen) atoms. The first-order valence-electron chi connectivity index (χ1n) is 7.04. The first kappa shape index (κ1) is 16.4. The fraction of sp³-hybridized carbons (Fsp3) is 0.923. The summed E-state index contributed by atoms with van der Waals surface area (Å²) in [5, 5.41) is 9.39. The Morgan fingerprint density at radius 1 is 1.21 bits per heavy atom. The number of sulfonamides is 1. The molecule has 6 heteroatoms. The van der Waals surface area contributed by atoms with Crippen molar-refractivity contribution in [2.45, 2.75) is 57.4 Å². The molecular weight excluding hydrogens is 264 g/mol. The molecule has 1 aliphatic carbocycles. The lowest BCUT2D eigenvalue weighted by Crippen LogP contribution is -2.48. The highest BCUT2D eigenvalue weighted by atomic mass is 32.2. The lowest BCUT2D eigenvalue weighted by molar-refractivity contribution is 0.163. The summed E-state index contributed by atoms with van der Waals surface area (Å²) in [6, 6.07) is 2.20. The number of hydrogen-bond donors (Lipinski definition) is 1. The van der Waals surface area contributed by atoms with Crippen molar-refractivity contribution in [3.8, 4) is 6.07 Å². The van der Waals surface area contributed by atoms with E-state index in [1.165, 1.54) is 6.42 Å². The van der Waals surface area contributed by atoms with Gasteiger partial charge in [0.15, 0.2) is 0 Å². The Labute approximate surface area is 116 Å². The second kappa shape index (κ2) is 7.83. The van der Waals surface area contributed by atoms with Crippen molar-refractivity contribution in [1.82, 2.24) is 4.72 Å². The summed E-state index contributed by atoms with van der Waals surface area (Å²) in [5.74, 6) is -0.0791. The molecule has 1 N–H and O–H groups in total.